The number of halogens is 1. The monoisotopic (exact) mass is 529 g/mol. The van der Waals surface area contributed by atoms with Gasteiger partial charge in [0.2, 0.25) is 5.88 Å². The van der Waals surface area contributed by atoms with Crippen molar-refractivity contribution in [2.45, 2.75) is 26.3 Å². The molecule has 4 rings (SSSR count). The van der Waals surface area contributed by atoms with Gasteiger partial charge in [-0.1, -0.05) is 59.6 Å². The van der Waals surface area contributed by atoms with Gasteiger partial charge in [0.1, 0.15) is 6.04 Å². The van der Waals surface area contributed by atoms with Gasteiger partial charge in [-0.2, -0.15) is 0 Å². The van der Waals surface area contributed by atoms with Gasteiger partial charge < -0.3 is 9.64 Å². The lowest BCUT2D eigenvalue weighted by Crippen LogP contribution is -2.40. The summed E-state index contributed by atoms with van der Waals surface area (Å²) in [6.07, 6.45) is 0.237. The lowest BCUT2D eigenvalue weighted by Gasteiger charge is -2.25. The second-order valence-electron chi connectivity index (χ2n) is 9.03. The Morgan fingerprint density at radius 2 is 1.68 bits per heavy atom. The van der Waals surface area contributed by atoms with E-state index in [1.54, 1.807) is 25.2 Å². The summed E-state index contributed by atoms with van der Waals surface area (Å²) in [4.78, 5) is 41.2. The topological polar surface area (TPSA) is 81.5 Å². The van der Waals surface area contributed by atoms with Gasteiger partial charge in [0, 0.05) is 35.8 Å². The Morgan fingerprint density at radius 3 is 2.32 bits per heavy atom. The third kappa shape index (κ3) is 5.68. The van der Waals surface area contributed by atoms with Gasteiger partial charge in [-0.05, 0) is 55.3 Å². The molecule has 8 heteroatoms. The minimum Gasteiger partial charge on any atom is -0.480 e. The molecule has 38 heavy (non-hydrogen) atoms. The number of likely N-dealkylation sites (N-methyl/N-ethyl adjacent to an activating group) is 1. The first-order valence-corrected chi connectivity index (χ1v) is 12.4. The van der Waals surface area contributed by atoms with E-state index in [4.69, 9.17) is 16.3 Å². The van der Waals surface area contributed by atoms with Crippen molar-refractivity contribution in [2.24, 2.45) is 0 Å². The van der Waals surface area contributed by atoms with Crippen LogP contribution >= 0.6 is 11.6 Å². The van der Waals surface area contributed by atoms with Crippen LogP contribution in [-0.4, -0.2) is 35.6 Å². The fourth-order valence-electron chi connectivity index (χ4n) is 4.30. The molecule has 0 radical (unpaired) electrons. The van der Waals surface area contributed by atoms with Crippen molar-refractivity contribution in [3.05, 3.63) is 111 Å². The minimum atomic E-state index is -0.953. The van der Waals surface area contributed by atoms with E-state index in [1.807, 2.05) is 61.5 Å². The molecule has 0 fully saturated rings. The number of hydrogen-bond acceptors (Lipinski definition) is 5. The quantitative estimate of drug-likeness (QED) is 0.280. The molecule has 1 aromatic heterocycles. The molecule has 4 aromatic rings. The molecule has 1 amide bonds. The Balaban J connectivity index is 1.85. The molecule has 0 spiro atoms. The van der Waals surface area contributed by atoms with Crippen LogP contribution in [0.25, 0.3) is 11.1 Å². The van der Waals surface area contributed by atoms with E-state index in [-0.39, 0.29) is 24.0 Å². The number of ether oxygens (including phenoxy) is 1. The van der Waals surface area contributed by atoms with Crippen LogP contribution < -0.4 is 15.2 Å². The van der Waals surface area contributed by atoms with E-state index < -0.39 is 11.6 Å². The molecular weight excluding hydrogens is 502 g/mol. The van der Waals surface area contributed by atoms with E-state index in [0.717, 1.165) is 15.8 Å². The molecule has 0 aliphatic carbocycles. The van der Waals surface area contributed by atoms with Gasteiger partial charge in [0.25, 0.3) is 11.5 Å². The van der Waals surface area contributed by atoms with Crippen LogP contribution in [0.5, 0.6) is 5.88 Å². The van der Waals surface area contributed by atoms with Crippen LogP contribution in [0.15, 0.2) is 83.7 Å². The van der Waals surface area contributed by atoms with Crippen LogP contribution in [0.1, 0.15) is 34.5 Å². The van der Waals surface area contributed by atoms with Crippen molar-refractivity contribution in [1.82, 2.24) is 9.78 Å². The number of anilines is 1. The number of ketones is 1. The second-order valence-corrected chi connectivity index (χ2v) is 9.47. The van der Waals surface area contributed by atoms with Crippen molar-refractivity contribution in [2.75, 3.05) is 19.1 Å². The van der Waals surface area contributed by atoms with Crippen LogP contribution in [0.3, 0.4) is 0 Å². The predicted molar refractivity (Wildman–Crippen MR) is 149 cm³/mol. The van der Waals surface area contributed by atoms with Crippen LogP contribution in [0.2, 0.25) is 5.02 Å². The zero-order valence-corrected chi connectivity index (χ0v) is 22.4. The molecule has 0 aliphatic heterocycles. The molecule has 0 saturated heterocycles. The summed E-state index contributed by atoms with van der Waals surface area (Å²) in [5.74, 6) is -0.410. The Hall–Kier alpha value is -4.23. The van der Waals surface area contributed by atoms with Crippen molar-refractivity contribution in [3.8, 4) is 17.0 Å². The predicted octanol–water partition coefficient (Wildman–Crippen LogP) is 5.53. The number of rotatable bonds is 8. The molecule has 0 aliphatic rings. The third-order valence-corrected chi connectivity index (χ3v) is 6.61. The molecule has 0 bridgehead atoms. The number of aryl methyl sites for hydroxylation is 1. The summed E-state index contributed by atoms with van der Waals surface area (Å²) in [7, 11) is 3.10. The number of hydrogen-bond donors (Lipinski definition) is 0. The molecule has 0 N–H and O–H groups in total. The molecule has 1 heterocycles. The van der Waals surface area contributed by atoms with Crippen LogP contribution in [0, 0.1) is 6.92 Å². The fourth-order valence-corrected chi connectivity index (χ4v) is 4.47. The smallest absolute Gasteiger partial charge is 0.268 e. The standard InChI is InChI=1S/C30H28ClN3O4/c1-19-10-13-23(14-11-19)33(3)30(37)27(16-21-8-6-5-7-9-21)34-28(36)18-26(29(32-34)38-4)25-17-22(31)12-15-24(25)20(2)35/h5-15,17-18,27H,16H2,1-4H3. The fraction of sp³-hybridized carbons (Fsp3) is 0.200. The van der Waals surface area contributed by atoms with Crippen molar-refractivity contribution in [1.29, 1.82) is 0 Å². The van der Waals surface area contributed by atoms with Crippen molar-refractivity contribution >= 4 is 29.0 Å². The van der Waals surface area contributed by atoms with Crippen molar-refractivity contribution in [3.63, 3.8) is 0 Å². The van der Waals surface area contributed by atoms with E-state index in [1.165, 1.54) is 25.0 Å². The van der Waals surface area contributed by atoms with Crippen LogP contribution in [-0.2, 0) is 11.2 Å². The maximum Gasteiger partial charge on any atom is 0.268 e. The second kappa shape index (κ2) is 11.4. The Morgan fingerprint density at radius 1 is 1.00 bits per heavy atom. The van der Waals surface area contributed by atoms with Gasteiger partial charge in [0.15, 0.2) is 5.78 Å². The number of carbonyl (C=O) groups excluding carboxylic acids is 2. The first-order chi connectivity index (χ1) is 18.2. The molecular formula is C30H28ClN3O4. The van der Waals surface area contributed by atoms with E-state index in [0.29, 0.717) is 27.4 Å². The first kappa shape index (κ1) is 26.8. The highest BCUT2D eigenvalue weighted by atomic mass is 35.5. The third-order valence-electron chi connectivity index (χ3n) is 6.37. The normalized spacial score (nSPS) is 11.6. The van der Waals surface area contributed by atoms with E-state index in [9.17, 15) is 14.4 Å². The maximum atomic E-state index is 13.9. The zero-order chi connectivity index (χ0) is 27.4. The lowest BCUT2D eigenvalue weighted by atomic mass is 9.98. The number of benzene rings is 3. The Labute approximate surface area is 226 Å². The van der Waals surface area contributed by atoms with Gasteiger partial charge in [-0.3, -0.25) is 14.4 Å². The number of methoxy groups -OCH3 is 1. The van der Waals surface area contributed by atoms with Gasteiger partial charge in [-0.15, -0.1) is 5.10 Å². The summed E-state index contributed by atoms with van der Waals surface area (Å²) >= 11 is 6.22. The maximum absolute atomic E-state index is 13.9. The lowest BCUT2D eigenvalue weighted by molar-refractivity contribution is -0.121. The minimum absolute atomic E-state index is 0.0956. The van der Waals surface area contributed by atoms with Crippen LogP contribution in [0.4, 0.5) is 5.69 Å². The van der Waals surface area contributed by atoms with E-state index >= 15 is 0 Å². The number of aromatic nitrogens is 2. The molecule has 1 unspecified atom stereocenters. The summed E-state index contributed by atoms with van der Waals surface area (Å²) in [5.41, 5.74) is 3.25. The van der Waals surface area contributed by atoms with Gasteiger partial charge in [0.05, 0.1) is 12.7 Å². The molecule has 1 atom stereocenters. The average molecular weight is 530 g/mol. The summed E-state index contributed by atoms with van der Waals surface area (Å²) in [5, 5.41) is 4.88. The number of carbonyl (C=O) groups is 2. The number of Topliss-reactive ketones (excluding diaryl/α,β-unsaturated/α-hetero) is 1. The molecule has 194 valence electrons. The summed E-state index contributed by atoms with van der Waals surface area (Å²) in [6, 6.07) is 22.2. The average Bonchev–Trinajstić information content (AvgIpc) is 2.91. The largest absolute Gasteiger partial charge is 0.480 e. The van der Waals surface area contributed by atoms with Gasteiger partial charge in [-0.25, -0.2) is 4.68 Å². The molecule has 3 aromatic carbocycles. The summed E-state index contributed by atoms with van der Waals surface area (Å²) in [6.45, 7) is 3.40. The molecule has 0 saturated carbocycles. The van der Waals surface area contributed by atoms with Gasteiger partial charge >= 0.3 is 0 Å². The van der Waals surface area contributed by atoms with Crippen molar-refractivity contribution < 1.29 is 14.3 Å². The highest BCUT2D eigenvalue weighted by molar-refractivity contribution is 6.31. The molecule has 7 nitrogen and oxygen atoms in total. The Kier molecular flexibility index (Phi) is 8.08. The number of amides is 1. The van der Waals surface area contributed by atoms with E-state index in [2.05, 4.69) is 5.10 Å². The highest BCUT2D eigenvalue weighted by Gasteiger charge is 2.29. The summed E-state index contributed by atoms with van der Waals surface area (Å²) < 4.78 is 6.71. The highest BCUT2D eigenvalue weighted by Crippen LogP contribution is 2.33. The Bertz CT molecular complexity index is 1530. The number of nitrogens with zero attached hydrogens (tertiary/aromatic N) is 3. The SMILES string of the molecule is COc1nn(C(Cc2ccccc2)C(=O)N(C)c2ccc(C)cc2)c(=O)cc1-c1cc(Cl)ccc1C(C)=O. The first-order valence-electron chi connectivity index (χ1n) is 12.1. The zero-order valence-electron chi connectivity index (χ0n) is 21.6.